The third kappa shape index (κ3) is 6.18. The Balaban J connectivity index is 0.00000370. The van der Waals surface area contributed by atoms with Gasteiger partial charge in [0.05, 0.1) is 17.1 Å². The van der Waals surface area contributed by atoms with Crippen LogP contribution in [0, 0.1) is 12.3 Å². The normalized spacial score (nSPS) is 21.5. The van der Waals surface area contributed by atoms with Gasteiger partial charge in [0, 0.05) is 29.4 Å². The molecule has 0 radical (unpaired) electrons. The largest absolute Gasteiger partial charge is 0.480 e. The van der Waals surface area contributed by atoms with Gasteiger partial charge in [-0.1, -0.05) is 23.7 Å². The zero-order chi connectivity index (χ0) is 27.9. The van der Waals surface area contributed by atoms with Gasteiger partial charge in [-0.15, -0.1) is 12.4 Å². The quantitative estimate of drug-likeness (QED) is 0.348. The van der Waals surface area contributed by atoms with E-state index in [4.69, 9.17) is 22.1 Å². The lowest BCUT2D eigenvalue weighted by Gasteiger charge is -2.31. The van der Waals surface area contributed by atoms with Gasteiger partial charge in [-0.25, -0.2) is 9.67 Å². The van der Waals surface area contributed by atoms with Crippen molar-refractivity contribution < 1.29 is 27.8 Å². The molecule has 4 N–H and O–H groups in total. The second kappa shape index (κ2) is 11.3. The van der Waals surface area contributed by atoms with Crippen LogP contribution in [0.15, 0.2) is 42.6 Å². The van der Waals surface area contributed by atoms with Crippen LogP contribution in [-0.2, 0) is 4.79 Å². The van der Waals surface area contributed by atoms with Crippen molar-refractivity contribution in [3.63, 3.8) is 0 Å². The van der Waals surface area contributed by atoms with Crippen molar-refractivity contribution in [1.29, 1.82) is 0 Å². The van der Waals surface area contributed by atoms with E-state index in [9.17, 15) is 23.1 Å². The van der Waals surface area contributed by atoms with Crippen LogP contribution < -0.4 is 15.8 Å². The van der Waals surface area contributed by atoms with Crippen molar-refractivity contribution in [3.05, 3.63) is 64.6 Å². The van der Waals surface area contributed by atoms with Crippen LogP contribution in [0.1, 0.15) is 48.7 Å². The van der Waals surface area contributed by atoms with Crippen LogP contribution in [0.4, 0.5) is 19.1 Å². The first-order valence-electron chi connectivity index (χ1n) is 12.3. The van der Waals surface area contributed by atoms with Gasteiger partial charge < -0.3 is 20.9 Å². The van der Waals surface area contributed by atoms with Gasteiger partial charge in [0.15, 0.2) is 0 Å². The Morgan fingerprint density at radius 1 is 1.30 bits per heavy atom. The molecule has 1 saturated heterocycles. The summed E-state index contributed by atoms with van der Waals surface area (Å²) < 4.78 is 49.9. The zero-order valence-corrected chi connectivity index (χ0v) is 22.9. The van der Waals surface area contributed by atoms with E-state index in [2.05, 4.69) is 20.4 Å². The van der Waals surface area contributed by atoms with Gasteiger partial charge in [0.25, 0.3) is 0 Å². The molecule has 2 aromatic heterocycles. The van der Waals surface area contributed by atoms with Crippen molar-refractivity contribution >= 4 is 41.5 Å². The number of nitrogens with one attached hydrogen (secondary N) is 1. The highest BCUT2D eigenvalue weighted by molar-refractivity contribution is 6.30. The average Bonchev–Trinajstić information content (AvgIpc) is 3.49. The summed E-state index contributed by atoms with van der Waals surface area (Å²) >= 11 is 6.11. The van der Waals surface area contributed by atoms with Crippen molar-refractivity contribution in [2.45, 2.75) is 50.9 Å². The van der Waals surface area contributed by atoms with Gasteiger partial charge in [-0.2, -0.15) is 23.3 Å². The number of halogens is 5. The third-order valence-electron chi connectivity index (χ3n) is 7.19. The molecule has 1 aromatic carbocycles. The number of nitrogens with zero attached hydrogens (tertiary/aromatic N) is 4. The first-order valence-corrected chi connectivity index (χ1v) is 12.7. The summed E-state index contributed by atoms with van der Waals surface area (Å²) in [4.78, 5) is 19.5. The molecule has 1 fully saturated rings. The van der Waals surface area contributed by atoms with E-state index in [0.29, 0.717) is 43.6 Å². The number of hydrogen-bond donors (Lipinski definition) is 3. The van der Waals surface area contributed by atoms with Crippen LogP contribution >= 0.6 is 24.0 Å². The number of carboxylic acids is 1. The third-order valence-corrected chi connectivity index (χ3v) is 7.43. The Kier molecular flexibility index (Phi) is 8.34. The van der Waals surface area contributed by atoms with Crippen molar-refractivity contribution in [3.8, 4) is 11.6 Å². The Bertz CT molecular complexity index is 1450. The monoisotopic (exact) mass is 598 g/mol. The number of aromatic nitrogens is 4. The van der Waals surface area contributed by atoms with E-state index < -0.39 is 24.3 Å². The van der Waals surface area contributed by atoms with E-state index in [-0.39, 0.29) is 45.9 Å². The molecular weight excluding hydrogens is 572 g/mol. The van der Waals surface area contributed by atoms with Gasteiger partial charge >= 0.3 is 12.1 Å². The molecule has 9 nitrogen and oxygen atoms in total. The van der Waals surface area contributed by atoms with Crippen LogP contribution in [0.3, 0.4) is 0 Å². The minimum atomic E-state index is -4.81. The molecule has 1 unspecified atom stereocenters. The summed E-state index contributed by atoms with van der Waals surface area (Å²) in [5.74, 6) is -1.43. The van der Waals surface area contributed by atoms with E-state index in [1.54, 1.807) is 19.2 Å². The Labute approximate surface area is 239 Å². The molecule has 214 valence electrons. The molecular formula is C26H27Cl2F3N6O3. The van der Waals surface area contributed by atoms with Gasteiger partial charge in [0.2, 0.25) is 17.9 Å². The van der Waals surface area contributed by atoms with Crippen LogP contribution in [0.2, 0.25) is 5.02 Å². The first-order chi connectivity index (χ1) is 18.4. The van der Waals surface area contributed by atoms with E-state index in [1.165, 1.54) is 28.9 Å². The first kappa shape index (κ1) is 29.6. The number of aryl methyl sites for hydroxylation is 1. The summed E-state index contributed by atoms with van der Waals surface area (Å²) in [5, 5.41) is 16.8. The number of alkyl halides is 3. The Hall–Kier alpha value is -3.35. The minimum absolute atomic E-state index is 0. The molecule has 40 heavy (non-hydrogen) atoms. The molecule has 0 saturated carbocycles. The highest BCUT2D eigenvalue weighted by Crippen LogP contribution is 2.45. The fourth-order valence-electron chi connectivity index (χ4n) is 5.20. The summed E-state index contributed by atoms with van der Waals surface area (Å²) in [5.41, 5.74) is 7.40. The predicted molar refractivity (Wildman–Crippen MR) is 145 cm³/mol. The summed E-state index contributed by atoms with van der Waals surface area (Å²) in [6.45, 7) is 2.31. The lowest BCUT2D eigenvalue weighted by molar-refractivity contribution is -0.198. The smallest absolute Gasteiger partial charge is 0.429 e. The number of allylic oxidation sites excluding steroid dienone is 2. The van der Waals surface area contributed by atoms with Crippen molar-refractivity contribution in [2.24, 2.45) is 5.41 Å². The standard InChI is InChI=1S/C26H26ClF3N6O3.ClH/c1-14-6-9-36(35-14)20-10-16(27)2-3-17(20)22(26(28,29)30)39-21-11-18(33-24(31)34-21)15-4-7-25(8-5-15)12-19(23(37)38)32-13-25;/h2-4,6,9-11,19,22,32H,5,7-8,12-13H2,1H3,(H,37,38)(H2,31,33,34);1H/t19-,22?,25+;/m0./s1. The molecule has 1 aliphatic carbocycles. The van der Waals surface area contributed by atoms with E-state index >= 15 is 0 Å². The number of carbonyl (C=O) groups is 1. The molecule has 5 rings (SSSR count). The second-order valence-corrected chi connectivity index (χ2v) is 10.4. The lowest BCUT2D eigenvalue weighted by atomic mass is 9.73. The fourth-order valence-corrected chi connectivity index (χ4v) is 5.36. The molecule has 0 amide bonds. The van der Waals surface area contributed by atoms with Gasteiger partial charge in [-0.05, 0) is 61.8 Å². The Morgan fingerprint density at radius 2 is 2.08 bits per heavy atom. The summed E-state index contributed by atoms with van der Waals surface area (Å²) in [6.07, 6.45) is -1.32. The summed E-state index contributed by atoms with van der Waals surface area (Å²) in [7, 11) is 0. The number of nitrogens with two attached hydrogens (primary N) is 1. The number of nitrogen functional groups attached to an aromatic ring is 1. The molecule has 14 heteroatoms. The highest BCUT2D eigenvalue weighted by Gasteiger charge is 2.45. The number of benzene rings is 1. The van der Waals surface area contributed by atoms with Crippen LogP contribution in [0.5, 0.6) is 5.88 Å². The van der Waals surface area contributed by atoms with E-state index in [1.807, 2.05) is 6.08 Å². The van der Waals surface area contributed by atoms with Crippen LogP contribution in [-0.4, -0.2) is 49.6 Å². The SMILES string of the molecule is Cc1ccn(-c2cc(Cl)ccc2C(Oc2cc(C3=CC[C@]4(CC3)CN[C@H](C(=O)O)C4)nc(N)n2)C(F)(F)F)n1.Cl. The summed E-state index contributed by atoms with van der Waals surface area (Å²) in [6, 6.07) is 6.42. The molecule has 1 aliphatic heterocycles. The topological polar surface area (TPSA) is 128 Å². The molecule has 1 spiro atoms. The lowest BCUT2D eigenvalue weighted by Crippen LogP contribution is -2.30. The van der Waals surface area contributed by atoms with Gasteiger partial charge in [0.1, 0.15) is 6.04 Å². The number of hydrogen-bond acceptors (Lipinski definition) is 7. The van der Waals surface area contributed by atoms with E-state index in [0.717, 1.165) is 5.57 Å². The molecule has 3 aromatic rings. The highest BCUT2D eigenvalue weighted by atomic mass is 35.5. The maximum atomic E-state index is 14.4. The van der Waals surface area contributed by atoms with Crippen LogP contribution in [0.25, 0.3) is 11.3 Å². The van der Waals surface area contributed by atoms with Crippen molar-refractivity contribution in [2.75, 3.05) is 12.3 Å². The molecule has 2 aliphatic rings. The predicted octanol–water partition coefficient (Wildman–Crippen LogP) is 5.31. The number of anilines is 1. The Morgan fingerprint density at radius 3 is 2.67 bits per heavy atom. The maximum Gasteiger partial charge on any atom is 0.429 e. The number of ether oxygens (including phenoxy) is 1. The molecule has 0 bridgehead atoms. The minimum Gasteiger partial charge on any atom is -0.480 e. The number of rotatable bonds is 6. The maximum absolute atomic E-state index is 14.4. The number of carboxylic acid groups (broad SMARTS) is 1. The average molecular weight is 599 g/mol. The van der Waals surface area contributed by atoms with Crippen molar-refractivity contribution in [1.82, 2.24) is 25.1 Å². The fraction of sp³-hybridized carbons (Fsp3) is 0.385. The number of aliphatic carboxylic acids is 1. The molecule has 3 atom stereocenters. The van der Waals surface area contributed by atoms with Gasteiger partial charge in [-0.3, -0.25) is 4.79 Å². The zero-order valence-electron chi connectivity index (χ0n) is 21.3. The second-order valence-electron chi connectivity index (χ2n) is 10.0. The molecule has 3 heterocycles.